The highest BCUT2D eigenvalue weighted by Crippen LogP contribution is 2.32. The lowest BCUT2D eigenvalue weighted by Gasteiger charge is -2.35. The summed E-state index contributed by atoms with van der Waals surface area (Å²) in [6.07, 6.45) is 6.15. The van der Waals surface area contributed by atoms with Gasteiger partial charge in [-0.25, -0.2) is 23.1 Å². The zero-order valence-electron chi connectivity index (χ0n) is 22.5. The van der Waals surface area contributed by atoms with E-state index in [0.717, 1.165) is 31.7 Å². The number of nitrogens with zero attached hydrogens (tertiary/aromatic N) is 7. The maximum atomic E-state index is 14.4. The van der Waals surface area contributed by atoms with Crippen LogP contribution in [-0.2, 0) is 4.74 Å². The van der Waals surface area contributed by atoms with Crippen molar-refractivity contribution in [2.45, 2.75) is 49.8 Å². The molecule has 6 rings (SSSR count). The van der Waals surface area contributed by atoms with Crippen LogP contribution in [0.1, 0.15) is 59.5 Å². The van der Waals surface area contributed by atoms with Gasteiger partial charge >= 0.3 is 6.01 Å². The van der Waals surface area contributed by atoms with Gasteiger partial charge in [0.25, 0.3) is 5.91 Å². The van der Waals surface area contributed by atoms with Crippen LogP contribution in [-0.4, -0.2) is 82.8 Å². The summed E-state index contributed by atoms with van der Waals surface area (Å²) in [5.74, 6) is -3.08. The van der Waals surface area contributed by atoms with Gasteiger partial charge in [0.05, 0.1) is 5.56 Å². The second kappa shape index (κ2) is 11.2. The van der Waals surface area contributed by atoms with E-state index in [1.54, 1.807) is 16.8 Å². The molecule has 3 fully saturated rings. The van der Waals surface area contributed by atoms with Crippen molar-refractivity contribution in [3.8, 4) is 0 Å². The fraction of sp³-hybridized carbons (Fsp3) is 0.519. The minimum absolute atomic E-state index is 0.0146. The Hall–Kier alpha value is -3.78. The van der Waals surface area contributed by atoms with Crippen LogP contribution in [0.4, 0.5) is 25.1 Å². The largest absolute Gasteiger partial charge is 0.370 e. The van der Waals surface area contributed by atoms with E-state index < -0.39 is 29.4 Å². The van der Waals surface area contributed by atoms with E-state index in [1.807, 2.05) is 4.90 Å². The van der Waals surface area contributed by atoms with Crippen molar-refractivity contribution in [3.63, 3.8) is 0 Å². The predicted octanol–water partition coefficient (Wildman–Crippen LogP) is 2.80. The fourth-order valence-corrected chi connectivity index (χ4v) is 5.82. The van der Waals surface area contributed by atoms with Crippen molar-refractivity contribution in [2.24, 2.45) is 5.73 Å². The van der Waals surface area contributed by atoms with Gasteiger partial charge in [-0.15, -0.1) is 0 Å². The molecule has 0 radical (unpaired) electrons. The van der Waals surface area contributed by atoms with Gasteiger partial charge in [0.15, 0.2) is 11.6 Å². The highest BCUT2D eigenvalue weighted by atomic mass is 19.2. The fourth-order valence-electron chi connectivity index (χ4n) is 5.82. The Morgan fingerprint density at radius 2 is 1.76 bits per heavy atom. The number of ether oxygens (including phenoxy) is 1. The summed E-state index contributed by atoms with van der Waals surface area (Å²) in [6.45, 7) is 2.57. The standard InChI is InChI=1S/C27H31F3N8O3/c1-36(16-4-6-37(7-5-16)27-34-24(35-41-27)23-3-2-8-40-23)25(39)15-11-32-26(33-12-15)38-13-18(22(31)14-38)17-9-20(29)21(30)10-19(17)28/h9-12,16,18,22-23H,2-8,13-14,31H2,1H3/t18-,22+,23+/m1/s1. The minimum atomic E-state index is -1.25. The molecule has 0 spiro atoms. The smallest absolute Gasteiger partial charge is 0.324 e. The van der Waals surface area contributed by atoms with E-state index in [2.05, 4.69) is 20.1 Å². The average Bonchev–Trinajstić information content (AvgIpc) is 3.76. The Labute approximate surface area is 234 Å². The van der Waals surface area contributed by atoms with Gasteiger partial charge in [-0.2, -0.15) is 4.98 Å². The molecule has 3 saturated heterocycles. The van der Waals surface area contributed by atoms with Crippen LogP contribution in [0.15, 0.2) is 29.0 Å². The number of benzene rings is 1. The Balaban J connectivity index is 1.05. The first-order chi connectivity index (χ1) is 19.8. The molecule has 11 nitrogen and oxygen atoms in total. The molecule has 5 heterocycles. The van der Waals surface area contributed by atoms with Crippen LogP contribution in [0.5, 0.6) is 0 Å². The van der Waals surface area contributed by atoms with Crippen LogP contribution in [0.25, 0.3) is 0 Å². The average molecular weight is 573 g/mol. The van der Waals surface area contributed by atoms with E-state index in [0.29, 0.717) is 55.7 Å². The molecule has 2 aromatic heterocycles. The molecule has 41 heavy (non-hydrogen) atoms. The number of carbonyl (C=O) groups excluding carboxylic acids is 1. The number of hydrogen-bond donors (Lipinski definition) is 1. The second-order valence-electron chi connectivity index (χ2n) is 10.8. The normalized spacial score (nSPS) is 23.4. The van der Waals surface area contributed by atoms with Crippen molar-refractivity contribution in [1.82, 2.24) is 25.0 Å². The molecule has 0 saturated carbocycles. The van der Waals surface area contributed by atoms with Crippen LogP contribution in [0.3, 0.4) is 0 Å². The SMILES string of the molecule is CN(C(=O)c1cnc(N2C[C@H](c3cc(F)c(F)cc3F)[C@@H](N)C2)nc1)C1CCN(c2nc([C@@H]3CCCO3)no2)CC1. The molecule has 0 aliphatic carbocycles. The van der Waals surface area contributed by atoms with E-state index in [4.69, 9.17) is 15.0 Å². The molecule has 1 amide bonds. The second-order valence-corrected chi connectivity index (χ2v) is 10.8. The highest BCUT2D eigenvalue weighted by molar-refractivity contribution is 5.93. The summed E-state index contributed by atoms with van der Waals surface area (Å²) in [5, 5.41) is 4.08. The number of amides is 1. The molecule has 14 heteroatoms. The minimum Gasteiger partial charge on any atom is -0.370 e. The van der Waals surface area contributed by atoms with Crippen molar-refractivity contribution in [1.29, 1.82) is 0 Å². The Bertz CT molecular complexity index is 1390. The first kappa shape index (κ1) is 27.4. The van der Waals surface area contributed by atoms with Crippen molar-refractivity contribution < 1.29 is 27.2 Å². The van der Waals surface area contributed by atoms with Crippen molar-refractivity contribution >= 4 is 17.9 Å². The third-order valence-corrected chi connectivity index (χ3v) is 8.22. The summed E-state index contributed by atoms with van der Waals surface area (Å²) in [6, 6.07) is 1.34. The molecule has 3 aliphatic rings. The molecule has 1 aromatic carbocycles. The van der Waals surface area contributed by atoms with Crippen LogP contribution in [0.2, 0.25) is 0 Å². The predicted molar refractivity (Wildman–Crippen MR) is 141 cm³/mol. The maximum Gasteiger partial charge on any atom is 0.324 e. The Morgan fingerprint density at radius 1 is 1.02 bits per heavy atom. The summed E-state index contributed by atoms with van der Waals surface area (Å²) >= 11 is 0. The van der Waals surface area contributed by atoms with Gasteiger partial charge in [-0.3, -0.25) is 4.79 Å². The Morgan fingerprint density at radius 3 is 2.46 bits per heavy atom. The molecular formula is C27H31F3N8O3. The van der Waals surface area contributed by atoms with E-state index in [9.17, 15) is 18.0 Å². The quantitative estimate of drug-likeness (QED) is 0.441. The number of hydrogen-bond acceptors (Lipinski definition) is 10. The van der Waals surface area contributed by atoms with Crippen LogP contribution in [0, 0.1) is 17.5 Å². The van der Waals surface area contributed by atoms with Gasteiger partial charge in [-0.1, -0.05) is 5.16 Å². The van der Waals surface area contributed by atoms with Gasteiger partial charge in [0.2, 0.25) is 11.8 Å². The van der Waals surface area contributed by atoms with Gasteiger partial charge in [-0.05, 0) is 37.3 Å². The van der Waals surface area contributed by atoms with E-state index in [1.165, 1.54) is 12.4 Å². The number of nitrogens with two attached hydrogens (primary N) is 1. The monoisotopic (exact) mass is 572 g/mol. The topological polar surface area (TPSA) is 127 Å². The number of aromatic nitrogens is 4. The summed E-state index contributed by atoms with van der Waals surface area (Å²) in [4.78, 5) is 31.9. The molecule has 218 valence electrons. The van der Waals surface area contributed by atoms with Gasteiger partial charge in [0.1, 0.15) is 11.9 Å². The number of halogens is 3. The summed E-state index contributed by atoms with van der Waals surface area (Å²) in [5.41, 5.74) is 6.56. The van der Waals surface area contributed by atoms with Gasteiger partial charge < -0.3 is 29.7 Å². The van der Waals surface area contributed by atoms with Crippen molar-refractivity contribution in [2.75, 3.05) is 49.6 Å². The van der Waals surface area contributed by atoms with Crippen LogP contribution >= 0.6 is 0 Å². The molecule has 0 unspecified atom stereocenters. The molecule has 0 bridgehead atoms. The lowest BCUT2D eigenvalue weighted by Crippen LogP contribution is -2.45. The van der Waals surface area contributed by atoms with Crippen LogP contribution < -0.4 is 15.5 Å². The molecule has 2 N–H and O–H groups in total. The summed E-state index contributed by atoms with van der Waals surface area (Å²) < 4.78 is 52.6. The lowest BCUT2D eigenvalue weighted by atomic mass is 9.94. The first-order valence-electron chi connectivity index (χ1n) is 13.7. The third kappa shape index (κ3) is 5.45. The lowest BCUT2D eigenvalue weighted by molar-refractivity contribution is 0.0707. The van der Waals surface area contributed by atoms with E-state index >= 15 is 0 Å². The highest BCUT2D eigenvalue weighted by Gasteiger charge is 2.35. The molecule has 3 aliphatic heterocycles. The third-order valence-electron chi connectivity index (χ3n) is 8.22. The van der Waals surface area contributed by atoms with Crippen molar-refractivity contribution in [3.05, 3.63) is 58.9 Å². The number of rotatable bonds is 6. The molecule has 3 atom stereocenters. The molecule has 3 aromatic rings. The Kier molecular flexibility index (Phi) is 7.51. The molecular weight excluding hydrogens is 541 g/mol. The number of anilines is 2. The summed E-state index contributed by atoms with van der Waals surface area (Å²) in [7, 11) is 1.76. The zero-order valence-corrected chi connectivity index (χ0v) is 22.5. The number of piperidine rings is 1. The van der Waals surface area contributed by atoms with Gasteiger partial charge in [0, 0.05) is 76.3 Å². The first-order valence-corrected chi connectivity index (χ1v) is 13.7. The number of carbonyl (C=O) groups is 1. The maximum absolute atomic E-state index is 14.4. The van der Waals surface area contributed by atoms with E-state index in [-0.39, 0.29) is 30.2 Å². The zero-order chi connectivity index (χ0) is 28.7.